The molecule has 0 radical (unpaired) electrons. The number of imidazole rings is 1. The summed E-state index contributed by atoms with van der Waals surface area (Å²) in [4.78, 5) is 38.4. The van der Waals surface area contributed by atoms with Crippen LogP contribution in [0.4, 0.5) is 0 Å². The monoisotopic (exact) mass is 597 g/mol. The van der Waals surface area contributed by atoms with Crippen molar-refractivity contribution in [2.24, 2.45) is 11.7 Å². The van der Waals surface area contributed by atoms with Gasteiger partial charge in [-0.15, -0.1) is 0 Å². The second-order valence-corrected chi connectivity index (χ2v) is 13.4. The minimum Gasteiger partial charge on any atom is -0.482 e. The van der Waals surface area contributed by atoms with Crippen molar-refractivity contribution in [3.8, 4) is 17.3 Å². The lowest BCUT2D eigenvalue weighted by Crippen LogP contribution is -2.40. The number of hydrogen-bond acceptors (Lipinski definition) is 7. The average Bonchev–Trinajstić information content (AvgIpc) is 3.84. The number of amides is 2. The Morgan fingerprint density at radius 1 is 1.16 bits per heavy atom. The van der Waals surface area contributed by atoms with Gasteiger partial charge in [0.15, 0.2) is 5.88 Å². The predicted octanol–water partition coefficient (Wildman–Crippen LogP) is 3.48. The first-order valence-corrected chi connectivity index (χ1v) is 15.8. The molecule has 4 atom stereocenters. The standard InChI is InChI=1S/C33H39N7O4/c1-17(35-32(42)33(43)10-11-33)24-8-6-20-12-26(38(30(20)36-24)16-19-4-5-19)29-18(2)39-27(37-29)13-21(14-28(39)44-3)31(41)40-22-7-9-25(40)23(34)15-22/h6,8,12-14,17,19,22-23,25,43H,4-5,7,9-11,15-16,34H2,1-3H3,(H,35,42)/t17-,22+,23-,25-/m1/s1. The van der Waals surface area contributed by atoms with E-state index in [-0.39, 0.29) is 36.0 Å². The third kappa shape index (κ3) is 4.31. The van der Waals surface area contributed by atoms with Gasteiger partial charge in [0.05, 0.1) is 30.2 Å². The Labute approximate surface area is 255 Å². The number of aryl methyl sites for hydroxylation is 1. The smallest absolute Gasteiger partial charge is 0.254 e. The van der Waals surface area contributed by atoms with Crippen LogP contribution in [0.2, 0.25) is 0 Å². The zero-order valence-corrected chi connectivity index (χ0v) is 25.4. The summed E-state index contributed by atoms with van der Waals surface area (Å²) < 4.78 is 10.0. The van der Waals surface area contributed by atoms with Crippen molar-refractivity contribution in [3.05, 3.63) is 47.3 Å². The third-order valence-electron chi connectivity index (χ3n) is 10.3. The number of fused-ring (bicyclic) bond motifs is 4. The first-order valence-electron chi connectivity index (χ1n) is 15.8. The van der Waals surface area contributed by atoms with Crippen LogP contribution in [0.15, 0.2) is 30.3 Å². The summed E-state index contributed by atoms with van der Waals surface area (Å²) in [5.41, 5.74) is 10.6. The number of nitrogens with two attached hydrogens (primary N) is 1. The Morgan fingerprint density at radius 3 is 2.61 bits per heavy atom. The molecular formula is C33H39N7O4. The van der Waals surface area contributed by atoms with E-state index < -0.39 is 5.60 Å². The largest absolute Gasteiger partial charge is 0.482 e. The fraction of sp³-hybridized carbons (Fsp3) is 0.515. The number of hydrogen-bond donors (Lipinski definition) is 3. The average molecular weight is 598 g/mol. The Kier molecular flexibility index (Phi) is 6.12. The number of nitrogens with one attached hydrogen (secondary N) is 1. The molecule has 2 saturated carbocycles. The van der Waals surface area contributed by atoms with Crippen LogP contribution >= 0.6 is 0 Å². The molecule has 230 valence electrons. The number of methoxy groups -OCH3 is 1. The molecule has 4 aromatic rings. The van der Waals surface area contributed by atoms with E-state index in [0.29, 0.717) is 35.9 Å². The van der Waals surface area contributed by atoms with Gasteiger partial charge in [0.1, 0.15) is 22.6 Å². The van der Waals surface area contributed by atoms with E-state index in [2.05, 4.69) is 16.0 Å². The molecule has 2 amide bonds. The molecule has 6 heterocycles. The van der Waals surface area contributed by atoms with Gasteiger partial charge in [0.2, 0.25) is 0 Å². The van der Waals surface area contributed by atoms with Crippen molar-refractivity contribution in [2.75, 3.05) is 7.11 Å². The molecule has 2 aliphatic carbocycles. The highest BCUT2D eigenvalue weighted by Crippen LogP contribution is 2.40. The zero-order valence-electron chi connectivity index (χ0n) is 25.4. The minimum atomic E-state index is -1.23. The van der Waals surface area contributed by atoms with Crippen LogP contribution in [0, 0.1) is 12.8 Å². The number of ether oxygens (including phenoxy) is 1. The molecule has 4 aromatic heterocycles. The molecule has 2 aliphatic heterocycles. The van der Waals surface area contributed by atoms with Crippen LogP contribution in [0.3, 0.4) is 0 Å². The maximum absolute atomic E-state index is 13.8. The summed E-state index contributed by atoms with van der Waals surface area (Å²) in [5.74, 6) is 0.788. The second kappa shape index (κ2) is 9.77. The number of pyridine rings is 2. The van der Waals surface area contributed by atoms with E-state index in [0.717, 1.165) is 59.6 Å². The van der Waals surface area contributed by atoms with E-state index in [1.165, 1.54) is 12.8 Å². The second-order valence-electron chi connectivity index (χ2n) is 13.4. The molecule has 0 aromatic carbocycles. The quantitative estimate of drug-likeness (QED) is 0.283. The van der Waals surface area contributed by atoms with Crippen LogP contribution in [-0.4, -0.2) is 71.6 Å². The molecule has 2 saturated heterocycles. The van der Waals surface area contributed by atoms with Crippen molar-refractivity contribution in [2.45, 2.75) is 95.1 Å². The van der Waals surface area contributed by atoms with Gasteiger partial charge < -0.3 is 30.4 Å². The molecule has 11 nitrogen and oxygen atoms in total. The van der Waals surface area contributed by atoms with Gasteiger partial charge in [-0.05, 0) is 89.0 Å². The van der Waals surface area contributed by atoms with E-state index >= 15 is 0 Å². The number of nitrogens with zero attached hydrogens (tertiary/aromatic N) is 5. The number of rotatable bonds is 8. The van der Waals surface area contributed by atoms with Gasteiger partial charge in [-0.25, -0.2) is 9.97 Å². The lowest BCUT2D eigenvalue weighted by Gasteiger charge is -2.23. The Morgan fingerprint density at radius 2 is 1.95 bits per heavy atom. The van der Waals surface area contributed by atoms with Gasteiger partial charge in [-0.2, -0.15) is 0 Å². The highest BCUT2D eigenvalue weighted by Gasteiger charge is 2.49. The van der Waals surface area contributed by atoms with Crippen LogP contribution in [0.1, 0.15) is 79.7 Å². The SMILES string of the molecule is COc1cc(C(=O)N2[C@H]3CC[C@@H]2[C@H](N)C3)cc2nc(-c3cc4ccc([C@@H](C)NC(=O)C5(O)CC5)nc4n3CC3CC3)c(C)n12. The van der Waals surface area contributed by atoms with Gasteiger partial charge in [0.25, 0.3) is 11.8 Å². The van der Waals surface area contributed by atoms with Gasteiger partial charge in [-0.3, -0.25) is 14.0 Å². The molecule has 0 unspecified atom stereocenters. The number of aromatic nitrogens is 4. The van der Waals surface area contributed by atoms with E-state index in [1.54, 1.807) is 7.11 Å². The fourth-order valence-corrected chi connectivity index (χ4v) is 7.37. The highest BCUT2D eigenvalue weighted by molar-refractivity contribution is 5.97. The van der Waals surface area contributed by atoms with Crippen LogP contribution in [0.25, 0.3) is 28.1 Å². The number of carbonyl (C=O) groups excluding carboxylic acids is 2. The summed E-state index contributed by atoms with van der Waals surface area (Å²) in [7, 11) is 1.62. The van der Waals surface area contributed by atoms with Crippen molar-refractivity contribution in [1.29, 1.82) is 0 Å². The summed E-state index contributed by atoms with van der Waals surface area (Å²) in [6.07, 6.45) is 6.17. The molecule has 4 N–H and O–H groups in total. The van der Waals surface area contributed by atoms with Crippen molar-refractivity contribution >= 4 is 28.5 Å². The first-order chi connectivity index (χ1) is 21.1. The Balaban J connectivity index is 1.19. The fourth-order valence-electron chi connectivity index (χ4n) is 7.37. The van der Waals surface area contributed by atoms with Gasteiger partial charge in [0, 0.05) is 41.7 Å². The Bertz CT molecular complexity index is 1830. The summed E-state index contributed by atoms with van der Waals surface area (Å²) in [6.45, 7) is 4.74. The lowest BCUT2D eigenvalue weighted by atomic mass is 9.97. The first kappa shape index (κ1) is 27.6. The van der Waals surface area contributed by atoms with Crippen molar-refractivity contribution in [1.82, 2.24) is 29.2 Å². The van der Waals surface area contributed by atoms with Crippen molar-refractivity contribution in [3.63, 3.8) is 0 Å². The zero-order chi connectivity index (χ0) is 30.5. The number of carbonyl (C=O) groups is 2. The predicted molar refractivity (Wildman–Crippen MR) is 164 cm³/mol. The topological polar surface area (TPSA) is 140 Å². The molecule has 2 bridgehead atoms. The van der Waals surface area contributed by atoms with Crippen LogP contribution in [0.5, 0.6) is 5.88 Å². The highest BCUT2D eigenvalue weighted by atomic mass is 16.5. The maximum atomic E-state index is 13.8. The molecule has 0 spiro atoms. The lowest BCUT2D eigenvalue weighted by molar-refractivity contribution is -0.132. The van der Waals surface area contributed by atoms with Crippen LogP contribution < -0.4 is 15.8 Å². The van der Waals surface area contributed by atoms with Crippen molar-refractivity contribution < 1.29 is 19.4 Å². The molecule has 11 heteroatoms. The minimum absolute atomic E-state index is 0.0111. The van der Waals surface area contributed by atoms with Gasteiger partial charge >= 0.3 is 0 Å². The number of aliphatic hydroxyl groups is 1. The van der Waals surface area contributed by atoms with E-state index in [4.69, 9.17) is 20.4 Å². The summed E-state index contributed by atoms with van der Waals surface area (Å²) in [5, 5.41) is 14.1. The van der Waals surface area contributed by atoms with Crippen LogP contribution in [-0.2, 0) is 11.3 Å². The third-order valence-corrected chi connectivity index (χ3v) is 10.3. The summed E-state index contributed by atoms with van der Waals surface area (Å²) in [6, 6.07) is 9.77. The molecule has 4 aliphatic rings. The van der Waals surface area contributed by atoms with E-state index in [9.17, 15) is 14.7 Å². The molecule has 4 fully saturated rings. The normalized spacial score (nSPS) is 24.3. The maximum Gasteiger partial charge on any atom is 0.254 e. The molecule has 8 rings (SSSR count). The Hall–Kier alpha value is -3.96. The van der Waals surface area contributed by atoms with Gasteiger partial charge in [-0.1, -0.05) is 0 Å². The van der Waals surface area contributed by atoms with E-state index in [1.807, 2.05) is 47.4 Å². The molecule has 44 heavy (non-hydrogen) atoms. The molecular weight excluding hydrogens is 558 g/mol. The summed E-state index contributed by atoms with van der Waals surface area (Å²) >= 11 is 0.